The fraction of sp³-hybridized carbons (Fsp3) is 0.436. The normalized spacial score (nSPS) is 13.5. The summed E-state index contributed by atoms with van der Waals surface area (Å²) >= 11 is 0. The van der Waals surface area contributed by atoms with Gasteiger partial charge in [0, 0.05) is 0 Å². The van der Waals surface area contributed by atoms with Gasteiger partial charge in [0.25, 0.3) is 0 Å². The van der Waals surface area contributed by atoms with Gasteiger partial charge in [0.15, 0.2) is 0 Å². The number of aliphatic hydroxyl groups is 2. The summed E-state index contributed by atoms with van der Waals surface area (Å²) in [5.41, 5.74) is -0.707. The first-order chi connectivity index (χ1) is 21.7. The molecule has 0 spiro atoms. The van der Waals surface area contributed by atoms with Gasteiger partial charge in [-0.3, -0.25) is 9.59 Å². The zero-order valence-electron chi connectivity index (χ0n) is 27.3. The van der Waals surface area contributed by atoms with Crippen LogP contribution in [0.2, 0.25) is 0 Å². The van der Waals surface area contributed by atoms with Gasteiger partial charge in [0.1, 0.15) is 6.42 Å². The summed E-state index contributed by atoms with van der Waals surface area (Å²) in [6, 6.07) is 26.3. The van der Waals surface area contributed by atoms with E-state index >= 15 is 0 Å². The van der Waals surface area contributed by atoms with Gasteiger partial charge in [-0.2, -0.15) is 0 Å². The first-order valence-corrected chi connectivity index (χ1v) is 16.7. The lowest BCUT2D eigenvalue weighted by Gasteiger charge is -2.38. The molecule has 0 bridgehead atoms. The number of hydrogen-bond donors (Lipinski definition) is 4. The highest BCUT2D eigenvalue weighted by molar-refractivity contribution is 5.98. The predicted molar refractivity (Wildman–Crippen MR) is 184 cm³/mol. The van der Waals surface area contributed by atoms with Crippen LogP contribution in [0.3, 0.4) is 0 Å². The van der Waals surface area contributed by atoms with Gasteiger partial charge in [0.2, 0.25) is 11.8 Å². The molecule has 0 radical (unpaired) electrons. The molecule has 6 heteroatoms. The molecule has 0 aliphatic rings. The van der Waals surface area contributed by atoms with E-state index in [0.29, 0.717) is 25.7 Å². The second-order valence-electron chi connectivity index (χ2n) is 12.5. The lowest BCUT2D eigenvalue weighted by atomic mass is 9.79. The smallest absolute Gasteiger partial charge is 0.230 e. The number of nitrogens with one attached hydrogen (secondary N) is 2. The average molecular weight is 611 g/mol. The van der Waals surface area contributed by atoms with Crippen LogP contribution in [0.1, 0.15) is 109 Å². The third kappa shape index (κ3) is 7.92. The fourth-order valence-electron chi connectivity index (χ4n) is 7.14. The molecule has 4 aromatic carbocycles. The molecular formula is C39H50N2O4. The number of benzene rings is 4. The van der Waals surface area contributed by atoms with Crippen LogP contribution in [0.25, 0.3) is 21.5 Å². The molecule has 4 aromatic rings. The van der Waals surface area contributed by atoms with Crippen molar-refractivity contribution < 1.29 is 19.8 Å². The third-order valence-corrected chi connectivity index (χ3v) is 9.01. The Hall–Kier alpha value is -3.74. The largest absolute Gasteiger partial charge is 0.387 e. The summed E-state index contributed by atoms with van der Waals surface area (Å²) in [5.74, 6) is -0.940. The van der Waals surface area contributed by atoms with Crippen molar-refractivity contribution in [2.24, 2.45) is 0 Å². The Morgan fingerprint density at radius 2 is 0.889 bits per heavy atom. The van der Waals surface area contributed by atoms with E-state index in [1.165, 1.54) is 0 Å². The predicted octanol–water partition coefficient (Wildman–Crippen LogP) is 8.06. The maximum Gasteiger partial charge on any atom is 0.230 e. The van der Waals surface area contributed by atoms with Gasteiger partial charge in [-0.1, -0.05) is 138 Å². The number of hydrogen-bond acceptors (Lipinski definition) is 4. The summed E-state index contributed by atoms with van der Waals surface area (Å²) in [6.07, 6.45) is 4.57. The molecule has 0 unspecified atom stereocenters. The second kappa shape index (κ2) is 15.5. The van der Waals surface area contributed by atoms with E-state index in [9.17, 15) is 19.8 Å². The van der Waals surface area contributed by atoms with Crippen molar-refractivity contribution in [2.45, 2.75) is 109 Å². The highest BCUT2D eigenvalue weighted by Gasteiger charge is 2.40. The van der Waals surface area contributed by atoms with Crippen molar-refractivity contribution in [1.82, 2.24) is 10.6 Å². The summed E-state index contributed by atoms with van der Waals surface area (Å²) in [6.45, 7) is 8.10. The SMILES string of the molecule is CCCC(O)(CCC)[C@H](NC(=O)CC(=O)N[C@H](c1cccc2ccccc12)C(O)(CCC)CCC)c1cccc2ccccc12. The van der Waals surface area contributed by atoms with E-state index < -0.39 is 41.5 Å². The van der Waals surface area contributed by atoms with Crippen LogP contribution in [-0.4, -0.2) is 33.2 Å². The number of rotatable bonds is 16. The van der Waals surface area contributed by atoms with Gasteiger partial charge < -0.3 is 20.8 Å². The van der Waals surface area contributed by atoms with E-state index in [-0.39, 0.29) is 0 Å². The van der Waals surface area contributed by atoms with Gasteiger partial charge >= 0.3 is 0 Å². The van der Waals surface area contributed by atoms with Crippen molar-refractivity contribution in [3.05, 3.63) is 96.1 Å². The van der Waals surface area contributed by atoms with Crippen LogP contribution in [-0.2, 0) is 9.59 Å². The molecule has 0 saturated carbocycles. The van der Waals surface area contributed by atoms with Crippen LogP contribution < -0.4 is 10.6 Å². The summed E-state index contributed by atoms with van der Waals surface area (Å²) in [5, 5.41) is 34.2. The molecule has 2 amide bonds. The van der Waals surface area contributed by atoms with Crippen LogP contribution in [0, 0.1) is 0 Å². The molecule has 4 N–H and O–H groups in total. The van der Waals surface area contributed by atoms with Crippen molar-refractivity contribution >= 4 is 33.4 Å². The number of carbonyl (C=O) groups is 2. The van der Waals surface area contributed by atoms with Crippen molar-refractivity contribution in [3.8, 4) is 0 Å². The maximum atomic E-state index is 13.7. The summed E-state index contributed by atoms with van der Waals surface area (Å²) < 4.78 is 0. The van der Waals surface area contributed by atoms with Crippen molar-refractivity contribution in [3.63, 3.8) is 0 Å². The van der Waals surface area contributed by atoms with Crippen LogP contribution >= 0.6 is 0 Å². The Balaban J connectivity index is 1.66. The highest BCUT2D eigenvalue weighted by Crippen LogP contribution is 2.39. The van der Waals surface area contributed by atoms with Gasteiger partial charge in [-0.05, 0) is 58.4 Å². The molecule has 45 heavy (non-hydrogen) atoms. The van der Waals surface area contributed by atoms with Crippen LogP contribution in [0.15, 0.2) is 84.9 Å². The zero-order valence-corrected chi connectivity index (χ0v) is 27.3. The first kappa shape index (κ1) is 34.1. The second-order valence-corrected chi connectivity index (χ2v) is 12.5. The Labute approximate surface area is 268 Å². The molecule has 0 aliphatic heterocycles. The Morgan fingerprint density at radius 3 is 1.24 bits per heavy atom. The van der Waals surface area contributed by atoms with Crippen LogP contribution in [0.5, 0.6) is 0 Å². The zero-order chi connectivity index (χ0) is 32.5. The summed E-state index contributed by atoms with van der Waals surface area (Å²) in [4.78, 5) is 27.4. The topological polar surface area (TPSA) is 98.7 Å². The average Bonchev–Trinajstić information content (AvgIpc) is 3.02. The third-order valence-electron chi connectivity index (χ3n) is 9.01. The molecule has 0 heterocycles. The molecule has 0 aliphatic carbocycles. The van der Waals surface area contributed by atoms with Gasteiger partial charge in [-0.25, -0.2) is 0 Å². The van der Waals surface area contributed by atoms with E-state index in [1.807, 2.05) is 113 Å². The molecular weight excluding hydrogens is 560 g/mol. The maximum absolute atomic E-state index is 13.7. The number of fused-ring (bicyclic) bond motifs is 2. The number of carbonyl (C=O) groups excluding carboxylic acids is 2. The fourth-order valence-corrected chi connectivity index (χ4v) is 7.14. The first-order valence-electron chi connectivity index (χ1n) is 16.7. The highest BCUT2D eigenvalue weighted by atomic mass is 16.3. The Kier molecular flexibility index (Phi) is 11.8. The van der Waals surface area contributed by atoms with E-state index in [1.54, 1.807) is 0 Å². The van der Waals surface area contributed by atoms with Gasteiger partial charge in [-0.15, -0.1) is 0 Å². The standard InChI is InChI=1S/C39H50N2O4/c1-5-23-38(44,24-6-2)36(32-21-13-17-28-15-9-11-19-30(28)32)40-34(42)27-35(43)41-37(39(45,25-7-3)26-8-4)33-22-14-18-29-16-10-12-20-31(29)33/h9-22,36-37,44-45H,5-8,23-27H2,1-4H3,(H,40,42)(H,41,43)/t36-,37-/m1/s1. The molecule has 6 nitrogen and oxygen atoms in total. The minimum atomic E-state index is -1.19. The van der Waals surface area contributed by atoms with Gasteiger partial charge in [0.05, 0.1) is 23.3 Å². The van der Waals surface area contributed by atoms with E-state index in [0.717, 1.165) is 58.4 Å². The quantitative estimate of drug-likeness (QED) is 0.0965. The molecule has 0 fully saturated rings. The lowest BCUT2D eigenvalue weighted by molar-refractivity contribution is -0.133. The minimum absolute atomic E-state index is 0.425. The van der Waals surface area contributed by atoms with Crippen molar-refractivity contribution in [1.29, 1.82) is 0 Å². The molecule has 2 atom stereocenters. The monoisotopic (exact) mass is 610 g/mol. The molecule has 0 saturated heterocycles. The van der Waals surface area contributed by atoms with Crippen LogP contribution in [0.4, 0.5) is 0 Å². The lowest BCUT2D eigenvalue weighted by Crippen LogP contribution is -2.49. The summed E-state index contributed by atoms with van der Waals surface area (Å²) in [7, 11) is 0. The Morgan fingerprint density at radius 1 is 0.556 bits per heavy atom. The molecule has 240 valence electrons. The minimum Gasteiger partial charge on any atom is -0.387 e. The van der Waals surface area contributed by atoms with Crippen molar-refractivity contribution in [2.75, 3.05) is 0 Å². The molecule has 4 rings (SSSR count). The van der Waals surface area contributed by atoms with E-state index in [4.69, 9.17) is 0 Å². The molecule has 0 aromatic heterocycles. The van der Waals surface area contributed by atoms with E-state index in [2.05, 4.69) is 10.6 Å². The Bertz CT molecular complexity index is 1440. The number of amides is 2.